The van der Waals surface area contributed by atoms with Crippen LogP contribution in [-0.2, 0) is 16.0 Å². The van der Waals surface area contributed by atoms with Gasteiger partial charge in [0.2, 0.25) is 5.78 Å². The minimum absolute atomic E-state index is 0.0452. The molecular weight excluding hydrogens is 571 g/mol. The number of ether oxygens (including phenoxy) is 1. The Morgan fingerprint density at radius 1 is 1.08 bits per heavy atom. The van der Waals surface area contributed by atoms with Crippen LogP contribution >= 0.6 is 27.7 Å². The average molecular weight is 593 g/mol. The molecule has 0 spiro atoms. The molecule has 4 bridgehead atoms. The normalized spacial score (nSPS) is 21.7. The molecule has 0 saturated carbocycles. The number of allylic oxidation sites excluding steroid dienone is 1. The summed E-state index contributed by atoms with van der Waals surface area (Å²) in [6.07, 6.45) is 0.416. The molecule has 3 aliphatic heterocycles. The number of thioether (sulfide) groups is 1. The Morgan fingerprint density at radius 3 is 2.50 bits per heavy atom. The zero-order valence-electron chi connectivity index (χ0n) is 20.2. The molecule has 6 nitrogen and oxygen atoms in total. The third-order valence-corrected chi connectivity index (χ3v) is 8.93. The molecule has 3 heterocycles. The van der Waals surface area contributed by atoms with E-state index in [0.717, 1.165) is 15.6 Å². The smallest absolute Gasteiger partial charge is 0.339 e. The van der Waals surface area contributed by atoms with Crippen molar-refractivity contribution < 1.29 is 23.8 Å². The lowest BCUT2D eigenvalue weighted by Gasteiger charge is -2.54. The summed E-state index contributed by atoms with van der Waals surface area (Å²) in [6.45, 7) is 0. The fourth-order valence-electron chi connectivity index (χ4n) is 5.46. The molecule has 3 aromatic carbocycles. The van der Waals surface area contributed by atoms with Crippen molar-refractivity contribution in [2.45, 2.75) is 23.8 Å². The number of fused-ring (bicyclic) bond motifs is 1. The molecule has 0 aromatic heterocycles. The fraction of sp³-hybridized carbons (Fsp3) is 0.172. The summed E-state index contributed by atoms with van der Waals surface area (Å²) in [4.78, 5) is 29.2. The number of benzene rings is 3. The van der Waals surface area contributed by atoms with Crippen LogP contribution in [0.25, 0.3) is 0 Å². The van der Waals surface area contributed by atoms with Crippen LogP contribution in [0.5, 0.6) is 0 Å². The number of rotatable bonds is 5. The van der Waals surface area contributed by atoms with Gasteiger partial charge in [-0.3, -0.25) is 4.79 Å². The second kappa shape index (κ2) is 9.63. The molecule has 3 aliphatic rings. The number of Topliss-reactive ketones (excluding diaryl/α,β-unsaturated/α-hetero) is 1. The summed E-state index contributed by atoms with van der Waals surface area (Å²) in [5.74, 6) is -1.27. The van der Waals surface area contributed by atoms with Gasteiger partial charge in [-0.25, -0.2) is 9.18 Å². The van der Waals surface area contributed by atoms with Gasteiger partial charge >= 0.3 is 5.97 Å². The number of aliphatic hydroxyl groups is 1. The Hall–Kier alpha value is -3.56. The van der Waals surface area contributed by atoms with Crippen molar-refractivity contribution in [2.24, 2.45) is 0 Å². The van der Waals surface area contributed by atoms with Gasteiger partial charge in [0, 0.05) is 15.7 Å². The highest BCUT2D eigenvalue weighted by molar-refractivity contribution is 9.10. The van der Waals surface area contributed by atoms with Crippen LogP contribution in [-0.4, -0.2) is 40.2 Å². The molecule has 192 valence electrons. The number of halogens is 2. The minimum atomic E-state index is -0.619. The number of aliphatic hydroxyl groups excluding tert-OH is 1. The molecule has 3 unspecified atom stereocenters. The van der Waals surface area contributed by atoms with Crippen LogP contribution < -0.4 is 5.32 Å². The molecule has 3 atom stereocenters. The van der Waals surface area contributed by atoms with Gasteiger partial charge in [-0.15, -0.1) is 0 Å². The summed E-state index contributed by atoms with van der Waals surface area (Å²) in [6, 6.07) is 19.9. The third kappa shape index (κ3) is 4.01. The summed E-state index contributed by atoms with van der Waals surface area (Å²) in [5, 5.41) is 14.7. The highest BCUT2D eigenvalue weighted by Crippen LogP contribution is 2.56. The number of esters is 1. The van der Waals surface area contributed by atoms with E-state index in [4.69, 9.17) is 4.74 Å². The topological polar surface area (TPSA) is 78.9 Å². The van der Waals surface area contributed by atoms with Crippen molar-refractivity contribution in [3.8, 4) is 0 Å². The third-order valence-electron chi connectivity index (χ3n) is 7.13. The quantitative estimate of drug-likeness (QED) is 0.272. The van der Waals surface area contributed by atoms with E-state index in [9.17, 15) is 19.1 Å². The van der Waals surface area contributed by atoms with Crippen molar-refractivity contribution in [1.29, 1.82) is 0 Å². The molecule has 0 saturated heterocycles. The van der Waals surface area contributed by atoms with Gasteiger partial charge in [0.25, 0.3) is 0 Å². The first-order valence-electron chi connectivity index (χ1n) is 12.0. The predicted octanol–water partition coefficient (Wildman–Crippen LogP) is 6.13. The van der Waals surface area contributed by atoms with Crippen LogP contribution in [0, 0.1) is 5.82 Å². The highest BCUT2D eigenvalue weighted by Gasteiger charge is 2.55. The van der Waals surface area contributed by atoms with E-state index in [1.165, 1.54) is 31.0 Å². The molecule has 0 fully saturated rings. The van der Waals surface area contributed by atoms with Crippen molar-refractivity contribution in [3.63, 3.8) is 0 Å². The molecule has 2 N–H and O–H groups in total. The number of hydrogen-bond donors (Lipinski definition) is 2. The number of ketones is 1. The van der Waals surface area contributed by atoms with Gasteiger partial charge in [0.1, 0.15) is 22.3 Å². The zero-order chi connectivity index (χ0) is 26.6. The van der Waals surface area contributed by atoms with E-state index >= 15 is 0 Å². The van der Waals surface area contributed by atoms with Crippen molar-refractivity contribution in [3.05, 3.63) is 122 Å². The number of nitrogens with one attached hydrogen (secondary N) is 1. The zero-order valence-corrected chi connectivity index (χ0v) is 22.6. The van der Waals surface area contributed by atoms with Gasteiger partial charge in [-0.2, -0.15) is 0 Å². The first-order chi connectivity index (χ1) is 18.4. The van der Waals surface area contributed by atoms with E-state index in [-0.39, 0.29) is 29.0 Å². The molecule has 0 amide bonds. The summed E-state index contributed by atoms with van der Waals surface area (Å²) in [7, 11) is 1.29. The van der Waals surface area contributed by atoms with Crippen LogP contribution in [0.3, 0.4) is 0 Å². The number of methoxy groups -OCH3 is 1. The molecule has 38 heavy (non-hydrogen) atoms. The molecule has 6 rings (SSSR count). The van der Waals surface area contributed by atoms with E-state index < -0.39 is 17.3 Å². The summed E-state index contributed by atoms with van der Waals surface area (Å²) in [5.41, 5.74) is 3.68. The Bertz CT molecular complexity index is 1520. The lowest BCUT2D eigenvalue weighted by molar-refractivity contribution is -0.137. The second-order valence-electron chi connectivity index (χ2n) is 9.25. The molecule has 0 aliphatic carbocycles. The lowest BCUT2D eigenvalue weighted by Crippen LogP contribution is -2.56. The Morgan fingerprint density at radius 2 is 1.79 bits per heavy atom. The second-order valence-corrected chi connectivity index (χ2v) is 11.3. The minimum Gasteiger partial charge on any atom is -0.510 e. The number of anilines is 1. The van der Waals surface area contributed by atoms with E-state index in [1.807, 2.05) is 29.2 Å². The van der Waals surface area contributed by atoms with Crippen LogP contribution in [0.4, 0.5) is 10.1 Å². The molecule has 0 radical (unpaired) electrons. The SMILES string of the molecule is COC(=O)C1=C(O)C2SC(Nc3ccc(F)cc3)=C(C(=O)c3ccc(Br)cc3)N3C1Cc1ccccc1C23. The van der Waals surface area contributed by atoms with Crippen molar-refractivity contribution in [2.75, 3.05) is 12.4 Å². The lowest BCUT2D eigenvalue weighted by atomic mass is 9.77. The number of carbonyl (C=O) groups excluding carboxylic acids is 2. The standard InChI is InChI=1S/C29H22BrFN2O4S/c1-37-29(36)22-21-14-16-4-2-3-5-20(16)23-27(26(22)35)38-28(32-19-12-10-18(31)11-13-19)24(33(21)23)25(34)15-6-8-17(30)9-7-15/h2-13,21,23,27,32,35H,14H2,1H3. The molecule has 9 heteroatoms. The van der Waals surface area contributed by atoms with Gasteiger partial charge in [0.05, 0.1) is 30.0 Å². The van der Waals surface area contributed by atoms with Crippen LogP contribution in [0.15, 0.2) is 99.3 Å². The number of nitrogens with zero attached hydrogens (tertiary/aromatic N) is 1. The van der Waals surface area contributed by atoms with E-state index in [0.29, 0.717) is 28.4 Å². The van der Waals surface area contributed by atoms with Crippen molar-refractivity contribution in [1.82, 2.24) is 4.90 Å². The Kier molecular flexibility index (Phi) is 6.28. The van der Waals surface area contributed by atoms with E-state index in [1.54, 1.807) is 36.4 Å². The number of carbonyl (C=O) groups is 2. The van der Waals surface area contributed by atoms with Crippen LogP contribution in [0.2, 0.25) is 0 Å². The largest absolute Gasteiger partial charge is 0.510 e. The highest BCUT2D eigenvalue weighted by atomic mass is 79.9. The Balaban J connectivity index is 1.57. The van der Waals surface area contributed by atoms with Crippen molar-refractivity contribution >= 4 is 45.1 Å². The van der Waals surface area contributed by atoms with E-state index in [2.05, 4.69) is 21.2 Å². The maximum Gasteiger partial charge on any atom is 0.339 e. The Labute approximate surface area is 231 Å². The van der Waals surface area contributed by atoms with Gasteiger partial charge in [0.15, 0.2) is 0 Å². The average Bonchev–Trinajstić information content (AvgIpc) is 2.93. The first kappa shape index (κ1) is 24.8. The van der Waals surface area contributed by atoms with Crippen LogP contribution in [0.1, 0.15) is 27.5 Å². The predicted molar refractivity (Wildman–Crippen MR) is 147 cm³/mol. The fourth-order valence-corrected chi connectivity index (χ4v) is 7.11. The molecule has 3 aromatic rings. The van der Waals surface area contributed by atoms with Gasteiger partial charge in [-0.1, -0.05) is 52.0 Å². The summed E-state index contributed by atoms with van der Waals surface area (Å²) < 4.78 is 19.5. The monoisotopic (exact) mass is 592 g/mol. The maximum absolute atomic E-state index is 14.2. The maximum atomic E-state index is 14.2. The van der Waals surface area contributed by atoms with Gasteiger partial charge < -0.3 is 20.1 Å². The molecular formula is C29H22BrFN2O4S. The summed E-state index contributed by atoms with van der Waals surface area (Å²) >= 11 is 4.70. The first-order valence-corrected chi connectivity index (χ1v) is 13.7. The number of hydrogen-bond acceptors (Lipinski definition) is 7. The van der Waals surface area contributed by atoms with Gasteiger partial charge in [-0.05, 0) is 66.1 Å².